The van der Waals surface area contributed by atoms with Crippen LogP contribution in [0.4, 0.5) is 27.6 Å². The van der Waals surface area contributed by atoms with E-state index in [2.05, 4.69) is 15.2 Å². The molecule has 4 rings (SSSR count). The Morgan fingerprint density at radius 3 is 2.56 bits per heavy atom. The Bertz CT molecular complexity index is 1160. The fourth-order valence-electron chi connectivity index (χ4n) is 3.36. The molecule has 1 fully saturated rings. The van der Waals surface area contributed by atoms with Crippen LogP contribution < -0.4 is 5.73 Å². The molecule has 0 aliphatic carbocycles. The molecule has 1 aliphatic rings. The van der Waals surface area contributed by atoms with Gasteiger partial charge >= 0.3 is 6.18 Å². The van der Waals surface area contributed by atoms with Crippen LogP contribution in [-0.4, -0.2) is 39.1 Å². The van der Waals surface area contributed by atoms with Gasteiger partial charge in [-0.1, -0.05) is 11.3 Å². The largest absolute Gasteiger partial charge is 0.445 e. The number of hydrogen-bond donors (Lipinski definition) is 1. The number of hydrogen-bond acceptors (Lipinski definition) is 6. The van der Waals surface area contributed by atoms with Gasteiger partial charge in [-0.15, -0.1) is 10.2 Å². The van der Waals surface area contributed by atoms with Crippen molar-refractivity contribution in [2.45, 2.75) is 19.0 Å². The molecule has 168 valence electrons. The molecule has 0 bridgehead atoms. The maximum absolute atomic E-state index is 14.1. The summed E-state index contributed by atoms with van der Waals surface area (Å²) in [7, 11) is 0. The number of likely N-dealkylation sites (tertiary alicyclic amines) is 1. The second-order valence-electron chi connectivity index (χ2n) is 7.40. The number of anilines is 1. The Morgan fingerprint density at radius 1 is 1.16 bits per heavy atom. The van der Waals surface area contributed by atoms with E-state index in [1.807, 2.05) is 0 Å². The Kier molecular flexibility index (Phi) is 5.80. The number of nitrogens with two attached hydrogens (primary N) is 1. The summed E-state index contributed by atoms with van der Waals surface area (Å²) < 4.78 is 65.1. The van der Waals surface area contributed by atoms with Crippen LogP contribution in [0.25, 0.3) is 11.3 Å². The molecule has 0 radical (unpaired) electrons. The highest BCUT2D eigenvalue weighted by Gasteiger charge is 2.37. The van der Waals surface area contributed by atoms with Crippen LogP contribution in [0.3, 0.4) is 0 Å². The van der Waals surface area contributed by atoms with Crippen LogP contribution in [-0.2, 0) is 23.8 Å². The highest BCUT2D eigenvalue weighted by atomic mass is 32.1. The van der Waals surface area contributed by atoms with Gasteiger partial charge in [-0.2, -0.15) is 13.2 Å². The normalized spacial score (nSPS) is 14.5. The van der Waals surface area contributed by atoms with E-state index in [1.54, 1.807) is 4.90 Å². The van der Waals surface area contributed by atoms with Crippen molar-refractivity contribution in [1.82, 2.24) is 20.1 Å². The van der Waals surface area contributed by atoms with Crippen molar-refractivity contribution >= 4 is 22.9 Å². The lowest BCUT2D eigenvalue weighted by Crippen LogP contribution is -2.51. The first kappa shape index (κ1) is 22.1. The van der Waals surface area contributed by atoms with Gasteiger partial charge in [0.05, 0.1) is 23.5 Å². The number of pyridine rings is 1. The summed E-state index contributed by atoms with van der Waals surface area (Å²) in [5.74, 6) is -1.77. The fraction of sp³-hybridized carbons (Fsp3) is 0.300. The van der Waals surface area contributed by atoms with Crippen molar-refractivity contribution in [2.75, 3.05) is 18.8 Å². The molecule has 2 N–H and O–H groups in total. The van der Waals surface area contributed by atoms with Crippen molar-refractivity contribution in [3.63, 3.8) is 0 Å². The van der Waals surface area contributed by atoms with Gasteiger partial charge in [0.15, 0.2) is 0 Å². The molecule has 2 aromatic heterocycles. The van der Waals surface area contributed by atoms with Crippen LogP contribution >= 0.6 is 11.3 Å². The van der Waals surface area contributed by atoms with E-state index in [0.29, 0.717) is 30.8 Å². The lowest BCUT2D eigenvalue weighted by atomic mass is 9.96. The molecular formula is C20H16F5N5OS. The van der Waals surface area contributed by atoms with E-state index in [4.69, 9.17) is 5.73 Å². The number of alkyl halides is 3. The van der Waals surface area contributed by atoms with Crippen LogP contribution in [0.1, 0.15) is 15.7 Å². The zero-order valence-electron chi connectivity index (χ0n) is 16.4. The number of nitrogens with zero attached hydrogens (tertiary/aromatic N) is 4. The van der Waals surface area contributed by atoms with E-state index in [9.17, 15) is 26.7 Å². The molecule has 1 amide bonds. The van der Waals surface area contributed by atoms with E-state index >= 15 is 0 Å². The Hall–Kier alpha value is -3.15. The maximum Gasteiger partial charge on any atom is 0.445 e. The van der Waals surface area contributed by atoms with Crippen LogP contribution in [0.5, 0.6) is 0 Å². The number of halogens is 5. The predicted molar refractivity (Wildman–Crippen MR) is 106 cm³/mol. The summed E-state index contributed by atoms with van der Waals surface area (Å²) in [6, 6.07) is 6.09. The molecule has 0 spiro atoms. The number of carbonyl (C=O) groups excluding carboxylic acids is 1. The third kappa shape index (κ3) is 4.69. The van der Waals surface area contributed by atoms with Gasteiger partial charge in [-0.25, -0.2) is 8.78 Å². The monoisotopic (exact) mass is 469 g/mol. The van der Waals surface area contributed by atoms with Gasteiger partial charge < -0.3 is 10.6 Å². The first-order valence-electron chi connectivity index (χ1n) is 9.48. The molecule has 6 nitrogen and oxygen atoms in total. The summed E-state index contributed by atoms with van der Waals surface area (Å²) in [6.45, 7) is 0.734. The average molecular weight is 469 g/mol. The summed E-state index contributed by atoms with van der Waals surface area (Å²) in [6.07, 6.45) is -4.33. The molecular weight excluding hydrogens is 453 g/mol. The van der Waals surface area contributed by atoms with Gasteiger partial charge in [-0.05, 0) is 24.3 Å². The van der Waals surface area contributed by atoms with Crippen molar-refractivity contribution in [1.29, 1.82) is 0 Å². The summed E-state index contributed by atoms with van der Waals surface area (Å²) in [4.78, 5) is 18.4. The van der Waals surface area contributed by atoms with E-state index < -0.39 is 22.8 Å². The highest BCUT2D eigenvalue weighted by Crippen LogP contribution is 2.33. The Morgan fingerprint density at radius 2 is 1.91 bits per heavy atom. The number of benzene rings is 1. The van der Waals surface area contributed by atoms with Gasteiger partial charge in [0.25, 0.3) is 0 Å². The van der Waals surface area contributed by atoms with Crippen molar-refractivity contribution in [2.24, 2.45) is 5.92 Å². The van der Waals surface area contributed by atoms with Gasteiger partial charge in [-0.3, -0.25) is 9.78 Å². The smallest absolute Gasteiger partial charge is 0.397 e. The molecule has 12 heteroatoms. The molecule has 3 aromatic rings. The van der Waals surface area contributed by atoms with Crippen LogP contribution in [0.2, 0.25) is 0 Å². The van der Waals surface area contributed by atoms with Gasteiger partial charge in [0.1, 0.15) is 16.6 Å². The lowest BCUT2D eigenvalue weighted by Gasteiger charge is -2.39. The Labute approximate surface area is 182 Å². The molecule has 1 aliphatic heterocycles. The predicted octanol–water partition coefficient (Wildman–Crippen LogP) is 3.72. The first-order chi connectivity index (χ1) is 15.1. The number of amides is 1. The van der Waals surface area contributed by atoms with Crippen LogP contribution in [0, 0.1) is 17.6 Å². The van der Waals surface area contributed by atoms with Gasteiger partial charge in [0.2, 0.25) is 10.9 Å². The summed E-state index contributed by atoms with van der Waals surface area (Å²) >= 11 is 0.502. The molecule has 3 heterocycles. The third-order valence-electron chi connectivity index (χ3n) is 5.02. The zero-order chi connectivity index (χ0) is 23.0. The summed E-state index contributed by atoms with van der Waals surface area (Å²) in [5, 5.41) is 6.01. The number of rotatable bonds is 5. The minimum Gasteiger partial charge on any atom is -0.397 e. The van der Waals surface area contributed by atoms with Gasteiger partial charge in [0, 0.05) is 37.1 Å². The number of nitrogen functional groups attached to an aromatic ring is 1. The van der Waals surface area contributed by atoms with E-state index in [1.165, 1.54) is 18.2 Å². The zero-order valence-corrected chi connectivity index (χ0v) is 17.2. The molecule has 1 aromatic carbocycles. The van der Waals surface area contributed by atoms with Crippen molar-refractivity contribution in [3.8, 4) is 11.3 Å². The van der Waals surface area contributed by atoms with Crippen LogP contribution in [0.15, 0.2) is 30.3 Å². The number of aromatic nitrogens is 3. The standard InChI is InChI=1S/C20H16F5N5OS/c21-11-1-2-12(13(22)6-11)15-4-3-14(26)16(27-15)7-18(31)30-8-10(9-30)5-17-28-29-19(32-17)20(23,24)25/h1-4,6,10H,5,7-9,26H2. The topological polar surface area (TPSA) is 85.0 Å². The second kappa shape index (κ2) is 8.41. The minimum absolute atomic E-state index is 0.0158. The third-order valence-corrected chi connectivity index (χ3v) is 6.01. The minimum atomic E-state index is -4.52. The Balaban J connectivity index is 1.37. The molecule has 32 heavy (non-hydrogen) atoms. The lowest BCUT2D eigenvalue weighted by molar-refractivity contribution is -0.138. The highest BCUT2D eigenvalue weighted by molar-refractivity contribution is 7.11. The van der Waals surface area contributed by atoms with Crippen molar-refractivity contribution in [3.05, 3.63) is 57.7 Å². The quantitative estimate of drug-likeness (QED) is 0.576. The molecule has 1 saturated heterocycles. The van der Waals surface area contributed by atoms with E-state index in [-0.39, 0.29) is 45.9 Å². The maximum atomic E-state index is 14.1. The summed E-state index contributed by atoms with van der Waals surface area (Å²) in [5.41, 5.74) is 6.74. The van der Waals surface area contributed by atoms with Crippen molar-refractivity contribution < 1.29 is 26.7 Å². The fourth-order valence-corrected chi connectivity index (χ4v) is 4.18. The van der Waals surface area contributed by atoms with E-state index in [0.717, 1.165) is 12.1 Å². The average Bonchev–Trinajstić information content (AvgIpc) is 3.15. The molecule has 0 unspecified atom stereocenters. The molecule has 0 saturated carbocycles. The second-order valence-corrected chi connectivity index (χ2v) is 8.46. The number of carbonyl (C=O) groups is 1. The SMILES string of the molecule is Nc1ccc(-c2ccc(F)cc2F)nc1CC(=O)N1CC(Cc2nnc(C(F)(F)F)s2)C1. The first-order valence-corrected chi connectivity index (χ1v) is 10.3. The molecule has 0 atom stereocenters.